The molecule has 0 unspecified atom stereocenters. The van der Waals surface area contributed by atoms with E-state index in [0.717, 1.165) is 17.5 Å². The van der Waals surface area contributed by atoms with Crippen molar-refractivity contribution in [3.63, 3.8) is 0 Å². The minimum absolute atomic E-state index is 0.0871. The number of halogens is 1. The maximum absolute atomic E-state index is 13.2. The largest absolute Gasteiger partial charge is 0.455 e. The van der Waals surface area contributed by atoms with Crippen molar-refractivity contribution in [2.24, 2.45) is 0 Å². The van der Waals surface area contributed by atoms with Crippen LogP contribution in [0.2, 0.25) is 5.02 Å². The van der Waals surface area contributed by atoms with Crippen LogP contribution in [0, 0.1) is 0 Å². The quantitative estimate of drug-likeness (QED) is 0.444. The van der Waals surface area contributed by atoms with Gasteiger partial charge in [-0.05, 0) is 55.3 Å². The maximum Gasteiger partial charge on any atom is 0.261 e. The van der Waals surface area contributed by atoms with E-state index in [1.807, 2.05) is 47.0 Å². The monoisotopic (exact) mass is 430 g/mol. The Morgan fingerprint density at radius 1 is 1.10 bits per heavy atom. The second-order valence-corrected chi connectivity index (χ2v) is 8.09. The normalized spacial score (nSPS) is 14.6. The second kappa shape index (κ2) is 7.60. The Bertz CT molecular complexity index is 1380. The van der Waals surface area contributed by atoms with Gasteiger partial charge < -0.3 is 14.6 Å². The number of aromatic nitrogens is 1. The van der Waals surface area contributed by atoms with Gasteiger partial charge in [0.1, 0.15) is 11.3 Å². The number of rotatable bonds is 4. The maximum atomic E-state index is 13.2. The Morgan fingerprint density at radius 3 is 2.71 bits per heavy atom. The summed E-state index contributed by atoms with van der Waals surface area (Å²) in [6, 6.07) is 20.1. The summed E-state index contributed by atoms with van der Waals surface area (Å²) in [5.74, 6) is 0.561. The van der Waals surface area contributed by atoms with E-state index in [4.69, 9.17) is 16.3 Å². The first-order valence-corrected chi connectivity index (χ1v) is 10.4. The smallest absolute Gasteiger partial charge is 0.261 e. The summed E-state index contributed by atoms with van der Waals surface area (Å²) < 4.78 is 7.93. The predicted molar refractivity (Wildman–Crippen MR) is 123 cm³/mol. The van der Waals surface area contributed by atoms with Gasteiger partial charge >= 0.3 is 0 Å². The van der Waals surface area contributed by atoms with Crippen molar-refractivity contribution in [2.75, 3.05) is 5.32 Å². The Morgan fingerprint density at radius 2 is 1.90 bits per heavy atom. The van der Waals surface area contributed by atoms with Crippen molar-refractivity contribution in [3.8, 4) is 11.5 Å². The van der Waals surface area contributed by atoms with E-state index in [0.29, 0.717) is 27.6 Å². The third-order valence-electron chi connectivity index (χ3n) is 5.53. The molecule has 31 heavy (non-hydrogen) atoms. The van der Waals surface area contributed by atoms with Crippen molar-refractivity contribution in [1.29, 1.82) is 0 Å². The van der Waals surface area contributed by atoms with Crippen LogP contribution >= 0.6 is 11.6 Å². The molecule has 1 atom stereocenters. The molecule has 0 saturated heterocycles. The predicted octanol–water partition coefficient (Wildman–Crippen LogP) is 5.82. The zero-order valence-corrected chi connectivity index (χ0v) is 17.5. The van der Waals surface area contributed by atoms with Crippen LogP contribution in [0.5, 0.6) is 11.5 Å². The lowest BCUT2D eigenvalue weighted by Gasteiger charge is -2.15. The number of nitrogens with zero attached hydrogens (tertiary/aromatic N) is 1. The van der Waals surface area contributed by atoms with E-state index < -0.39 is 5.91 Å². The van der Waals surface area contributed by atoms with Crippen molar-refractivity contribution in [2.45, 2.75) is 19.4 Å². The molecule has 0 bridgehead atoms. The Labute approximate surface area is 183 Å². The molecular weight excluding hydrogens is 412 g/mol. The van der Waals surface area contributed by atoms with Crippen LogP contribution in [0.15, 0.2) is 77.7 Å². The molecular formula is C25H19ClN2O3. The fraction of sp³-hybridized carbons (Fsp3) is 0.120. The van der Waals surface area contributed by atoms with Crippen LogP contribution in [0.3, 0.4) is 0 Å². The van der Waals surface area contributed by atoms with Crippen LogP contribution < -0.4 is 15.5 Å². The first kappa shape index (κ1) is 19.4. The SMILES string of the molecule is C[C@@H]1Cc2cccc3c(=O)c(C(=O)Nc4cc(Cl)ccc4Oc4ccccc4)cn1c23. The minimum Gasteiger partial charge on any atom is -0.455 e. The molecule has 1 aromatic heterocycles. The molecule has 0 aliphatic carbocycles. The van der Waals surface area contributed by atoms with Crippen molar-refractivity contribution in [3.05, 3.63) is 99.3 Å². The molecule has 6 heteroatoms. The summed E-state index contributed by atoms with van der Waals surface area (Å²) in [7, 11) is 0. The summed E-state index contributed by atoms with van der Waals surface area (Å²) in [4.78, 5) is 26.3. The van der Waals surface area contributed by atoms with E-state index in [1.54, 1.807) is 30.5 Å². The molecule has 1 aliphatic rings. The molecule has 4 aromatic rings. The van der Waals surface area contributed by atoms with E-state index in [9.17, 15) is 9.59 Å². The lowest BCUT2D eigenvalue weighted by Crippen LogP contribution is -2.24. The molecule has 3 aromatic carbocycles. The van der Waals surface area contributed by atoms with Gasteiger partial charge in [0, 0.05) is 22.6 Å². The summed E-state index contributed by atoms with van der Waals surface area (Å²) in [5, 5.41) is 3.82. The van der Waals surface area contributed by atoms with Crippen molar-refractivity contribution < 1.29 is 9.53 Å². The number of pyridine rings is 1. The number of anilines is 1. The first-order valence-electron chi connectivity index (χ1n) is 10.0. The van der Waals surface area contributed by atoms with Gasteiger partial charge in [0.15, 0.2) is 5.75 Å². The molecule has 0 saturated carbocycles. The number of carbonyl (C=O) groups excluding carboxylic acids is 1. The number of hydrogen-bond donors (Lipinski definition) is 1. The Hall–Kier alpha value is -3.57. The van der Waals surface area contributed by atoms with Crippen LogP contribution in [0.25, 0.3) is 10.9 Å². The number of nitrogens with one attached hydrogen (secondary N) is 1. The number of benzene rings is 3. The topological polar surface area (TPSA) is 60.3 Å². The number of carbonyl (C=O) groups is 1. The van der Waals surface area contributed by atoms with Gasteiger partial charge in [0.2, 0.25) is 5.43 Å². The fourth-order valence-corrected chi connectivity index (χ4v) is 4.24. The average molecular weight is 431 g/mol. The molecule has 5 rings (SSSR count). The highest BCUT2D eigenvalue weighted by molar-refractivity contribution is 6.31. The Kier molecular flexibility index (Phi) is 4.75. The summed E-state index contributed by atoms with van der Waals surface area (Å²) >= 11 is 6.16. The number of hydrogen-bond acceptors (Lipinski definition) is 3. The van der Waals surface area contributed by atoms with Gasteiger partial charge in [-0.15, -0.1) is 0 Å². The van der Waals surface area contributed by atoms with Crippen LogP contribution in [-0.4, -0.2) is 10.5 Å². The third kappa shape index (κ3) is 3.47. The lowest BCUT2D eigenvalue weighted by atomic mass is 10.1. The molecule has 1 aliphatic heterocycles. The Balaban J connectivity index is 1.54. The molecule has 0 radical (unpaired) electrons. The zero-order valence-electron chi connectivity index (χ0n) is 16.8. The first-order chi connectivity index (χ1) is 15.0. The van der Waals surface area contributed by atoms with Crippen LogP contribution in [-0.2, 0) is 6.42 Å². The highest BCUT2D eigenvalue weighted by atomic mass is 35.5. The highest BCUT2D eigenvalue weighted by Gasteiger charge is 2.24. The highest BCUT2D eigenvalue weighted by Crippen LogP contribution is 2.33. The fourth-order valence-electron chi connectivity index (χ4n) is 4.07. The molecule has 1 amide bonds. The standard InChI is InChI=1S/C25H19ClN2O3/c1-15-12-16-6-5-9-19-23(16)28(15)14-20(24(19)29)25(30)27-21-13-17(26)10-11-22(21)31-18-7-3-2-4-8-18/h2-11,13-15H,12H2,1H3,(H,27,30)/t15-/m1/s1. The molecule has 2 heterocycles. The summed E-state index contributed by atoms with van der Waals surface area (Å²) in [5.41, 5.74) is 2.23. The van der Waals surface area contributed by atoms with Gasteiger partial charge in [-0.2, -0.15) is 0 Å². The summed E-state index contributed by atoms with van der Waals surface area (Å²) in [6.07, 6.45) is 2.49. The number of amides is 1. The molecule has 154 valence electrons. The zero-order chi connectivity index (χ0) is 21.5. The molecule has 1 N–H and O–H groups in total. The second-order valence-electron chi connectivity index (χ2n) is 7.66. The number of ether oxygens (including phenoxy) is 1. The van der Waals surface area contributed by atoms with Gasteiger partial charge in [-0.3, -0.25) is 9.59 Å². The average Bonchev–Trinajstić information content (AvgIpc) is 3.09. The number of para-hydroxylation sites is 2. The van der Waals surface area contributed by atoms with E-state index in [2.05, 4.69) is 12.2 Å². The van der Waals surface area contributed by atoms with Gasteiger partial charge in [-0.1, -0.05) is 41.9 Å². The summed E-state index contributed by atoms with van der Waals surface area (Å²) in [6.45, 7) is 2.08. The van der Waals surface area contributed by atoms with Crippen molar-refractivity contribution in [1.82, 2.24) is 4.57 Å². The molecule has 0 spiro atoms. The third-order valence-corrected chi connectivity index (χ3v) is 5.77. The van der Waals surface area contributed by atoms with Gasteiger partial charge in [-0.25, -0.2) is 0 Å². The lowest BCUT2D eigenvalue weighted by molar-refractivity contribution is 0.102. The van der Waals surface area contributed by atoms with Crippen LogP contribution in [0.1, 0.15) is 28.9 Å². The van der Waals surface area contributed by atoms with E-state index >= 15 is 0 Å². The van der Waals surface area contributed by atoms with Crippen LogP contribution in [0.4, 0.5) is 5.69 Å². The van der Waals surface area contributed by atoms with Gasteiger partial charge in [0.25, 0.3) is 5.91 Å². The van der Waals surface area contributed by atoms with E-state index in [1.165, 1.54) is 0 Å². The van der Waals surface area contributed by atoms with Gasteiger partial charge in [0.05, 0.1) is 11.2 Å². The molecule has 5 nitrogen and oxygen atoms in total. The molecule has 0 fully saturated rings. The minimum atomic E-state index is -0.500. The van der Waals surface area contributed by atoms with E-state index in [-0.39, 0.29) is 17.0 Å². The van der Waals surface area contributed by atoms with Crippen molar-refractivity contribution >= 4 is 34.1 Å².